The van der Waals surface area contributed by atoms with Crippen LogP contribution in [0.2, 0.25) is 0 Å². The second kappa shape index (κ2) is 4.33. The van der Waals surface area contributed by atoms with Crippen molar-refractivity contribution in [3.8, 4) is 0 Å². The minimum absolute atomic E-state index is 0.101. The Balaban J connectivity index is 2.19. The molecule has 1 fully saturated rings. The molecular formula is C12H16F3N3. The van der Waals surface area contributed by atoms with Gasteiger partial charge in [0.15, 0.2) is 0 Å². The topological polar surface area (TPSA) is 42.1 Å². The van der Waals surface area contributed by atoms with E-state index in [0.717, 1.165) is 25.1 Å². The fourth-order valence-electron chi connectivity index (χ4n) is 1.99. The van der Waals surface area contributed by atoms with Gasteiger partial charge in [-0.3, -0.25) is 0 Å². The van der Waals surface area contributed by atoms with Crippen molar-refractivity contribution >= 4 is 11.6 Å². The van der Waals surface area contributed by atoms with Crippen LogP contribution in [0, 0.1) is 11.8 Å². The minimum Gasteiger partial charge on any atom is -0.384 e. The third-order valence-corrected chi connectivity index (χ3v) is 3.33. The fraction of sp³-hybridized carbons (Fsp3) is 0.583. The lowest BCUT2D eigenvalue weighted by atomic mass is 10.2. The number of alkyl halides is 3. The van der Waals surface area contributed by atoms with E-state index in [4.69, 9.17) is 5.73 Å². The number of halogens is 3. The van der Waals surface area contributed by atoms with Crippen LogP contribution in [0.15, 0.2) is 12.1 Å². The van der Waals surface area contributed by atoms with Gasteiger partial charge in [-0.25, -0.2) is 4.98 Å². The number of hydrogen-bond donors (Lipinski definition) is 1. The van der Waals surface area contributed by atoms with E-state index in [1.165, 1.54) is 0 Å². The zero-order valence-corrected chi connectivity index (χ0v) is 10.3. The van der Waals surface area contributed by atoms with Gasteiger partial charge in [0.2, 0.25) is 0 Å². The second-order valence-corrected chi connectivity index (χ2v) is 4.99. The van der Waals surface area contributed by atoms with Crippen molar-refractivity contribution in [2.24, 2.45) is 11.8 Å². The molecule has 0 saturated heterocycles. The van der Waals surface area contributed by atoms with Crippen LogP contribution >= 0.6 is 0 Å². The first-order valence-corrected chi connectivity index (χ1v) is 5.83. The maximum atomic E-state index is 12.6. The summed E-state index contributed by atoms with van der Waals surface area (Å²) in [7, 11) is 1.74. The van der Waals surface area contributed by atoms with E-state index in [9.17, 15) is 13.2 Å². The Bertz CT molecular complexity index is 445. The molecule has 1 heterocycles. The summed E-state index contributed by atoms with van der Waals surface area (Å²) in [6.07, 6.45) is -3.27. The van der Waals surface area contributed by atoms with Crippen molar-refractivity contribution in [2.45, 2.75) is 19.5 Å². The van der Waals surface area contributed by atoms with Crippen molar-refractivity contribution in [1.82, 2.24) is 4.98 Å². The van der Waals surface area contributed by atoms with Crippen LogP contribution in [-0.2, 0) is 6.18 Å². The van der Waals surface area contributed by atoms with Crippen molar-refractivity contribution in [2.75, 3.05) is 24.2 Å². The summed E-state index contributed by atoms with van der Waals surface area (Å²) in [5, 5.41) is 0. The van der Waals surface area contributed by atoms with Crippen LogP contribution in [0.4, 0.5) is 24.8 Å². The predicted molar refractivity (Wildman–Crippen MR) is 64.2 cm³/mol. The van der Waals surface area contributed by atoms with E-state index >= 15 is 0 Å². The molecule has 3 nitrogen and oxygen atoms in total. The molecule has 0 radical (unpaired) electrons. The van der Waals surface area contributed by atoms with Gasteiger partial charge in [-0.15, -0.1) is 0 Å². The Labute approximate surface area is 104 Å². The molecule has 2 unspecified atom stereocenters. The molecule has 0 aliphatic heterocycles. The quantitative estimate of drug-likeness (QED) is 0.907. The minimum atomic E-state index is -4.39. The monoisotopic (exact) mass is 259 g/mol. The Hall–Kier alpha value is -1.46. The predicted octanol–water partition coefficient (Wildman–Crippen LogP) is 2.77. The molecule has 1 aliphatic carbocycles. The number of nitrogen functional groups attached to an aromatic ring is 1. The van der Waals surface area contributed by atoms with Gasteiger partial charge in [-0.2, -0.15) is 13.2 Å². The fourth-order valence-corrected chi connectivity index (χ4v) is 1.99. The van der Waals surface area contributed by atoms with Crippen LogP contribution < -0.4 is 10.6 Å². The third kappa shape index (κ3) is 2.86. The van der Waals surface area contributed by atoms with E-state index in [1.807, 2.05) is 0 Å². The van der Waals surface area contributed by atoms with Crippen LogP contribution in [-0.4, -0.2) is 18.6 Å². The standard InChI is InChI=1S/C12H16F3N3/c1-7-3-8(7)6-18(2)11-5-9(12(13,14)15)4-10(16)17-11/h4-5,7-8H,3,6H2,1-2H3,(H2,16,17). The van der Waals surface area contributed by atoms with Gasteiger partial charge in [0.05, 0.1) is 5.56 Å². The molecule has 0 aromatic carbocycles. The third-order valence-electron chi connectivity index (χ3n) is 3.33. The van der Waals surface area contributed by atoms with E-state index < -0.39 is 11.7 Å². The molecule has 0 amide bonds. The molecule has 1 saturated carbocycles. The molecule has 6 heteroatoms. The number of nitrogens with zero attached hydrogens (tertiary/aromatic N) is 2. The normalized spacial score (nSPS) is 22.9. The zero-order valence-electron chi connectivity index (χ0n) is 10.3. The molecule has 1 aromatic rings. The Morgan fingerprint density at radius 3 is 2.56 bits per heavy atom. The largest absolute Gasteiger partial charge is 0.416 e. The first kappa shape index (κ1) is 13.0. The molecule has 2 N–H and O–H groups in total. The van der Waals surface area contributed by atoms with Gasteiger partial charge in [-0.1, -0.05) is 6.92 Å². The zero-order chi connectivity index (χ0) is 13.5. The molecule has 2 rings (SSSR count). The average molecular weight is 259 g/mol. The van der Waals surface area contributed by atoms with E-state index in [0.29, 0.717) is 11.8 Å². The number of hydrogen-bond acceptors (Lipinski definition) is 3. The van der Waals surface area contributed by atoms with Gasteiger partial charge in [-0.05, 0) is 30.4 Å². The average Bonchev–Trinajstić information content (AvgIpc) is 2.92. The van der Waals surface area contributed by atoms with Crippen molar-refractivity contribution in [1.29, 1.82) is 0 Å². The lowest BCUT2D eigenvalue weighted by Crippen LogP contribution is -2.22. The number of nitrogens with two attached hydrogens (primary N) is 1. The van der Waals surface area contributed by atoms with E-state index in [-0.39, 0.29) is 11.6 Å². The molecule has 2 atom stereocenters. The van der Waals surface area contributed by atoms with Crippen LogP contribution in [0.25, 0.3) is 0 Å². The summed E-state index contributed by atoms with van der Waals surface area (Å²) in [6.45, 7) is 2.85. The summed E-state index contributed by atoms with van der Waals surface area (Å²) in [4.78, 5) is 5.69. The van der Waals surface area contributed by atoms with Crippen molar-refractivity contribution in [3.05, 3.63) is 17.7 Å². The molecule has 1 aromatic heterocycles. The van der Waals surface area contributed by atoms with Crippen molar-refractivity contribution in [3.63, 3.8) is 0 Å². The highest BCUT2D eigenvalue weighted by Gasteiger charge is 2.35. The number of pyridine rings is 1. The number of rotatable bonds is 3. The highest BCUT2D eigenvalue weighted by Crippen LogP contribution is 2.39. The summed E-state index contributed by atoms with van der Waals surface area (Å²) >= 11 is 0. The highest BCUT2D eigenvalue weighted by atomic mass is 19.4. The second-order valence-electron chi connectivity index (χ2n) is 4.99. The first-order chi connectivity index (χ1) is 8.27. The Morgan fingerprint density at radius 1 is 1.44 bits per heavy atom. The number of aromatic nitrogens is 1. The van der Waals surface area contributed by atoms with Gasteiger partial charge < -0.3 is 10.6 Å². The van der Waals surface area contributed by atoms with E-state index in [2.05, 4.69) is 11.9 Å². The molecule has 18 heavy (non-hydrogen) atoms. The molecule has 1 aliphatic rings. The van der Waals surface area contributed by atoms with Gasteiger partial charge in [0, 0.05) is 13.6 Å². The summed E-state index contributed by atoms with van der Waals surface area (Å²) in [5.74, 6) is 1.38. The Morgan fingerprint density at radius 2 is 2.06 bits per heavy atom. The van der Waals surface area contributed by atoms with Crippen LogP contribution in [0.1, 0.15) is 18.9 Å². The summed E-state index contributed by atoms with van der Waals surface area (Å²) in [5.41, 5.74) is 4.68. The van der Waals surface area contributed by atoms with Gasteiger partial charge in [0.1, 0.15) is 11.6 Å². The van der Waals surface area contributed by atoms with Crippen molar-refractivity contribution < 1.29 is 13.2 Å². The van der Waals surface area contributed by atoms with E-state index in [1.54, 1.807) is 11.9 Å². The van der Waals surface area contributed by atoms with Gasteiger partial charge >= 0.3 is 6.18 Å². The van der Waals surface area contributed by atoms with Crippen LogP contribution in [0.3, 0.4) is 0 Å². The molecule has 100 valence electrons. The molecule has 0 spiro atoms. The maximum absolute atomic E-state index is 12.6. The first-order valence-electron chi connectivity index (χ1n) is 5.83. The lowest BCUT2D eigenvalue weighted by molar-refractivity contribution is -0.137. The summed E-state index contributed by atoms with van der Waals surface area (Å²) in [6, 6.07) is 1.90. The SMILES string of the molecule is CC1CC1CN(C)c1cc(C(F)(F)F)cc(N)n1. The van der Waals surface area contributed by atoms with Crippen LogP contribution in [0.5, 0.6) is 0 Å². The summed E-state index contributed by atoms with van der Waals surface area (Å²) < 4.78 is 37.9. The smallest absolute Gasteiger partial charge is 0.384 e. The number of anilines is 2. The maximum Gasteiger partial charge on any atom is 0.416 e. The lowest BCUT2D eigenvalue weighted by Gasteiger charge is -2.20. The molecule has 0 bridgehead atoms. The molecular weight excluding hydrogens is 243 g/mol. The Kier molecular flexibility index (Phi) is 3.12. The highest BCUT2D eigenvalue weighted by molar-refractivity contribution is 5.49. The van der Waals surface area contributed by atoms with Gasteiger partial charge in [0.25, 0.3) is 0 Å².